The Morgan fingerprint density at radius 2 is 2.14 bits per heavy atom. The summed E-state index contributed by atoms with van der Waals surface area (Å²) in [6, 6.07) is 3.23. The predicted octanol–water partition coefficient (Wildman–Crippen LogP) is 1.64. The van der Waals surface area contributed by atoms with E-state index in [1.54, 1.807) is 0 Å². The maximum absolute atomic E-state index is 13.0. The molecule has 76 valence electrons. The van der Waals surface area contributed by atoms with E-state index in [1.165, 1.54) is 7.05 Å². The molecule has 0 radical (unpaired) electrons. The number of aryl methyl sites for hydroxylation is 1. The minimum atomic E-state index is -0.488. The second-order valence-corrected chi connectivity index (χ2v) is 2.91. The van der Waals surface area contributed by atoms with Crippen LogP contribution in [0.4, 0.5) is 8.78 Å². The molecule has 0 spiro atoms. The molecule has 0 aliphatic rings. The van der Waals surface area contributed by atoms with Gasteiger partial charge in [0, 0.05) is 13.5 Å². The molecule has 0 aliphatic carbocycles. The van der Waals surface area contributed by atoms with Gasteiger partial charge in [0.1, 0.15) is 11.6 Å². The van der Waals surface area contributed by atoms with Crippen LogP contribution in [0.15, 0.2) is 18.2 Å². The van der Waals surface area contributed by atoms with E-state index in [0.29, 0.717) is 0 Å². The smallest absolute Gasteiger partial charge is 0.220 e. The normalized spacial score (nSPS) is 9.93. The van der Waals surface area contributed by atoms with E-state index >= 15 is 0 Å². The molecule has 0 fully saturated rings. The molecule has 1 rings (SSSR count). The number of hydrogen-bond donors (Lipinski definition) is 1. The van der Waals surface area contributed by atoms with Gasteiger partial charge in [0.2, 0.25) is 5.91 Å². The van der Waals surface area contributed by atoms with Gasteiger partial charge in [-0.05, 0) is 30.2 Å². The minimum Gasteiger partial charge on any atom is -0.359 e. The lowest BCUT2D eigenvalue weighted by Gasteiger charge is -2.02. The van der Waals surface area contributed by atoms with Crippen molar-refractivity contribution in [3.8, 4) is 0 Å². The number of hydrogen-bond acceptors (Lipinski definition) is 1. The Kier molecular flexibility index (Phi) is 3.56. The number of benzene rings is 1. The van der Waals surface area contributed by atoms with Crippen molar-refractivity contribution in [3.63, 3.8) is 0 Å². The van der Waals surface area contributed by atoms with Crippen LogP contribution in [0.1, 0.15) is 12.0 Å². The largest absolute Gasteiger partial charge is 0.359 e. The Hall–Kier alpha value is -1.45. The van der Waals surface area contributed by atoms with Crippen LogP contribution < -0.4 is 5.32 Å². The van der Waals surface area contributed by atoms with Crippen molar-refractivity contribution in [2.45, 2.75) is 12.8 Å². The molecule has 0 atom stereocenters. The van der Waals surface area contributed by atoms with Gasteiger partial charge in [0.15, 0.2) is 0 Å². The molecule has 0 unspecified atom stereocenters. The van der Waals surface area contributed by atoms with Gasteiger partial charge in [0.25, 0.3) is 0 Å². The fourth-order valence-corrected chi connectivity index (χ4v) is 1.11. The molecule has 0 aromatic heterocycles. The highest BCUT2D eigenvalue weighted by Crippen LogP contribution is 2.11. The summed E-state index contributed by atoms with van der Waals surface area (Å²) < 4.78 is 25.7. The van der Waals surface area contributed by atoms with E-state index in [2.05, 4.69) is 5.32 Å². The summed E-state index contributed by atoms with van der Waals surface area (Å²) in [5, 5.41) is 2.41. The summed E-state index contributed by atoms with van der Waals surface area (Å²) in [6.45, 7) is 0. The van der Waals surface area contributed by atoms with Crippen molar-refractivity contribution in [2.24, 2.45) is 0 Å². The van der Waals surface area contributed by atoms with Gasteiger partial charge < -0.3 is 5.32 Å². The lowest BCUT2D eigenvalue weighted by Crippen LogP contribution is -2.18. The highest BCUT2D eigenvalue weighted by atomic mass is 19.1. The van der Waals surface area contributed by atoms with Crippen LogP contribution in [0.25, 0.3) is 0 Å². The first-order valence-corrected chi connectivity index (χ1v) is 4.28. The highest BCUT2D eigenvalue weighted by molar-refractivity contribution is 5.75. The van der Waals surface area contributed by atoms with Gasteiger partial charge >= 0.3 is 0 Å². The van der Waals surface area contributed by atoms with Crippen LogP contribution in [-0.2, 0) is 11.2 Å². The molecule has 0 saturated heterocycles. The first-order valence-electron chi connectivity index (χ1n) is 4.28. The van der Waals surface area contributed by atoms with E-state index in [4.69, 9.17) is 0 Å². The summed E-state index contributed by atoms with van der Waals surface area (Å²) in [5.41, 5.74) is 0.230. The summed E-state index contributed by atoms with van der Waals surface area (Å²) in [5.74, 6) is -1.15. The lowest BCUT2D eigenvalue weighted by molar-refractivity contribution is -0.120. The maximum Gasteiger partial charge on any atom is 0.220 e. The first-order chi connectivity index (χ1) is 6.63. The zero-order valence-electron chi connectivity index (χ0n) is 7.81. The molecular formula is C10H11F2NO. The SMILES string of the molecule is CNC(=O)CCc1cc(F)ccc1F. The second-order valence-electron chi connectivity index (χ2n) is 2.91. The van der Waals surface area contributed by atoms with Gasteiger partial charge in [0.05, 0.1) is 0 Å². The molecule has 1 amide bonds. The average molecular weight is 199 g/mol. The third-order valence-corrected chi connectivity index (χ3v) is 1.91. The predicted molar refractivity (Wildman–Crippen MR) is 48.7 cm³/mol. The quantitative estimate of drug-likeness (QED) is 0.787. The van der Waals surface area contributed by atoms with Crippen LogP contribution in [0.2, 0.25) is 0 Å². The third kappa shape index (κ3) is 2.80. The first kappa shape index (κ1) is 10.6. The number of nitrogens with one attached hydrogen (secondary N) is 1. The second kappa shape index (κ2) is 4.69. The molecule has 0 bridgehead atoms. The maximum atomic E-state index is 13.0. The van der Waals surface area contributed by atoms with E-state index in [-0.39, 0.29) is 24.3 Å². The van der Waals surface area contributed by atoms with Gasteiger partial charge in [-0.15, -0.1) is 0 Å². The molecule has 0 aliphatic heterocycles. The fraction of sp³-hybridized carbons (Fsp3) is 0.300. The van der Waals surface area contributed by atoms with Crippen molar-refractivity contribution in [2.75, 3.05) is 7.05 Å². The van der Waals surface area contributed by atoms with Crippen molar-refractivity contribution >= 4 is 5.91 Å². The number of carbonyl (C=O) groups excluding carboxylic acids is 1. The van der Waals surface area contributed by atoms with Crippen LogP contribution in [0.5, 0.6) is 0 Å². The standard InChI is InChI=1S/C10H11F2NO/c1-13-10(14)5-2-7-6-8(11)3-4-9(7)12/h3-4,6H,2,5H2,1H3,(H,13,14). The van der Waals surface area contributed by atoms with Gasteiger partial charge in [-0.25, -0.2) is 8.78 Å². The number of carbonyl (C=O) groups is 1. The number of halogens is 2. The molecule has 14 heavy (non-hydrogen) atoms. The molecule has 0 heterocycles. The Morgan fingerprint density at radius 1 is 1.43 bits per heavy atom. The molecule has 4 heteroatoms. The van der Waals surface area contributed by atoms with Gasteiger partial charge in [-0.1, -0.05) is 0 Å². The highest BCUT2D eigenvalue weighted by Gasteiger charge is 2.05. The van der Waals surface area contributed by atoms with E-state index in [0.717, 1.165) is 18.2 Å². The summed E-state index contributed by atoms with van der Waals surface area (Å²) in [7, 11) is 1.50. The van der Waals surface area contributed by atoms with Crippen molar-refractivity contribution in [3.05, 3.63) is 35.4 Å². The summed E-state index contributed by atoms with van der Waals surface area (Å²) in [6.07, 6.45) is 0.375. The third-order valence-electron chi connectivity index (χ3n) is 1.91. The van der Waals surface area contributed by atoms with E-state index < -0.39 is 11.6 Å². The van der Waals surface area contributed by atoms with Crippen LogP contribution in [-0.4, -0.2) is 13.0 Å². The number of amides is 1. The van der Waals surface area contributed by atoms with Gasteiger partial charge in [-0.2, -0.15) is 0 Å². The minimum absolute atomic E-state index is 0.164. The topological polar surface area (TPSA) is 29.1 Å². The summed E-state index contributed by atoms with van der Waals surface area (Å²) >= 11 is 0. The Balaban J connectivity index is 2.66. The van der Waals surface area contributed by atoms with E-state index in [9.17, 15) is 13.6 Å². The Morgan fingerprint density at radius 3 is 2.79 bits per heavy atom. The van der Waals surface area contributed by atoms with Crippen molar-refractivity contribution in [1.82, 2.24) is 5.32 Å². The lowest BCUT2D eigenvalue weighted by atomic mass is 10.1. The van der Waals surface area contributed by atoms with Crippen LogP contribution >= 0.6 is 0 Å². The zero-order valence-corrected chi connectivity index (χ0v) is 7.81. The van der Waals surface area contributed by atoms with Crippen LogP contribution in [0.3, 0.4) is 0 Å². The summed E-state index contributed by atoms with van der Waals surface area (Å²) in [4.78, 5) is 10.9. The number of rotatable bonds is 3. The van der Waals surface area contributed by atoms with Gasteiger partial charge in [-0.3, -0.25) is 4.79 Å². The molecular weight excluding hydrogens is 188 g/mol. The zero-order chi connectivity index (χ0) is 10.6. The van der Waals surface area contributed by atoms with Crippen molar-refractivity contribution in [1.29, 1.82) is 0 Å². The molecule has 1 aromatic rings. The van der Waals surface area contributed by atoms with Crippen LogP contribution in [0, 0.1) is 11.6 Å². The monoisotopic (exact) mass is 199 g/mol. The Labute approximate surface area is 80.9 Å². The molecule has 1 aromatic carbocycles. The average Bonchev–Trinajstić information content (AvgIpc) is 2.19. The van der Waals surface area contributed by atoms with E-state index in [1.807, 2.05) is 0 Å². The molecule has 2 nitrogen and oxygen atoms in total. The fourth-order valence-electron chi connectivity index (χ4n) is 1.11. The molecule has 0 saturated carbocycles. The molecule has 1 N–H and O–H groups in total. The Bertz CT molecular complexity index is 339. The van der Waals surface area contributed by atoms with Crippen molar-refractivity contribution < 1.29 is 13.6 Å².